The zero-order valence-corrected chi connectivity index (χ0v) is 13.0. The van der Waals surface area contributed by atoms with E-state index in [0.29, 0.717) is 5.92 Å². The summed E-state index contributed by atoms with van der Waals surface area (Å²) in [6, 6.07) is 0. The zero-order valence-electron chi connectivity index (χ0n) is 13.0. The molecule has 0 saturated heterocycles. The van der Waals surface area contributed by atoms with Gasteiger partial charge in [-0.25, -0.2) is 9.97 Å². The van der Waals surface area contributed by atoms with Gasteiger partial charge in [-0.2, -0.15) is 0 Å². The summed E-state index contributed by atoms with van der Waals surface area (Å²) in [5.74, 6) is 1.66. The van der Waals surface area contributed by atoms with Crippen LogP contribution in [0.2, 0.25) is 0 Å². The van der Waals surface area contributed by atoms with Crippen LogP contribution in [0.25, 0.3) is 0 Å². The molecular weight excluding hydrogens is 262 g/mol. The van der Waals surface area contributed by atoms with Crippen LogP contribution >= 0.6 is 0 Å². The van der Waals surface area contributed by atoms with Crippen molar-refractivity contribution in [2.45, 2.75) is 76.5 Å². The van der Waals surface area contributed by atoms with Crippen LogP contribution < -0.4 is 5.32 Å². The van der Waals surface area contributed by atoms with Crippen LogP contribution in [0.1, 0.15) is 80.6 Å². The van der Waals surface area contributed by atoms with Gasteiger partial charge in [0.05, 0.1) is 11.4 Å². The Bertz CT molecular complexity index is 528. The van der Waals surface area contributed by atoms with Crippen LogP contribution in [0.3, 0.4) is 0 Å². The molecular formula is C17H25N3O. The van der Waals surface area contributed by atoms with E-state index in [1.54, 1.807) is 0 Å². The van der Waals surface area contributed by atoms with Crippen LogP contribution in [0.4, 0.5) is 0 Å². The van der Waals surface area contributed by atoms with Gasteiger partial charge in [-0.05, 0) is 32.6 Å². The topological polar surface area (TPSA) is 47.0 Å². The van der Waals surface area contributed by atoms with Crippen LogP contribution in [-0.4, -0.2) is 16.6 Å². The number of hydrogen-bond acceptors (Lipinski definition) is 4. The van der Waals surface area contributed by atoms with Gasteiger partial charge in [-0.3, -0.25) is 0 Å². The molecule has 1 aromatic heterocycles. The van der Waals surface area contributed by atoms with Crippen molar-refractivity contribution in [3.8, 4) is 0 Å². The van der Waals surface area contributed by atoms with Gasteiger partial charge in [-0.15, -0.1) is 0 Å². The summed E-state index contributed by atoms with van der Waals surface area (Å²) in [7, 11) is 0. The smallest absolute Gasteiger partial charge is 0.160 e. The van der Waals surface area contributed by atoms with E-state index in [9.17, 15) is 0 Å². The Morgan fingerprint density at radius 1 is 1.14 bits per heavy atom. The van der Waals surface area contributed by atoms with Crippen molar-refractivity contribution in [3.63, 3.8) is 0 Å². The fourth-order valence-electron chi connectivity index (χ4n) is 3.92. The van der Waals surface area contributed by atoms with E-state index in [0.717, 1.165) is 38.4 Å². The minimum Gasteiger partial charge on any atom is -0.367 e. The SMILES string of the molecule is CCOC1(c2nc3c(c(C4CC4)n2)CNC3)CCCCC1. The molecule has 1 aliphatic heterocycles. The second kappa shape index (κ2) is 5.33. The molecule has 0 bridgehead atoms. The van der Waals surface area contributed by atoms with E-state index < -0.39 is 0 Å². The Kier molecular flexibility index (Phi) is 3.46. The molecule has 2 aliphatic carbocycles. The van der Waals surface area contributed by atoms with Gasteiger partial charge in [0.2, 0.25) is 0 Å². The number of hydrogen-bond donors (Lipinski definition) is 1. The third-order valence-corrected chi connectivity index (χ3v) is 5.17. The third-order valence-electron chi connectivity index (χ3n) is 5.17. The van der Waals surface area contributed by atoms with Crippen molar-refractivity contribution < 1.29 is 4.74 Å². The summed E-state index contributed by atoms with van der Waals surface area (Å²) in [4.78, 5) is 9.98. The van der Waals surface area contributed by atoms with Crippen LogP contribution in [0.5, 0.6) is 0 Å². The number of fused-ring (bicyclic) bond motifs is 1. The lowest BCUT2D eigenvalue weighted by Crippen LogP contribution is -2.35. The van der Waals surface area contributed by atoms with Crippen molar-refractivity contribution in [2.75, 3.05) is 6.61 Å². The molecule has 0 atom stereocenters. The van der Waals surface area contributed by atoms with Gasteiger partial charge in [0, 0.05) is 31.2 Å². The predicted molar refractivity (Wildman–Crippen MR) is 80.9 cm³/mol. The largest absolute Gasteiger partial charge is 0.367 e. The minimum absolute atomic E-state index is 0.214. The second-order valence-electron chi connectivity index (χ2n) is 6.72. The normalized spacial score (nSPS) is 24.0. The first-order chi connectivity index (χ1) is 10.3. The van der Waals surface area contributed by atoms with E-state index in [4.69, 9.17) is 14.7 Å². The van der Waals surface area contributed by atoms with Crippen molar-refractivity contribution in [1.82, 2.24) is 15.3 Å². The Balaban J connectivity index is 1.77. The molecule has 2 fully saturated rings. The molecule has 2 saturated carbocycles. The summed E-state index contributed by atoms with van der Waals surface area (Å²) in [6.07, 6.45) is 8.54. The third kappa shape index (κ3) is 2.38. The Hall–Kier alpha value is -1.00. The van der Waals surface area contributed by atoms with Crippen LogP contribution in [0.15, 0.2) is 0 Å². The average Bonchev–Trinajstić information content (AvgIpc) is 3.24. The monoisotopic (exact) mass is 287 g/mol. The van der Waals surface area contributed by atoms with Gasteiger partial charge in [0.15, 0.2) is 5.82 Å². The molecule has 1 aromatic rings. The highest BCUT2D eigenvalue weighted by Gasteiger charge is 2.40. The number of nitrogens with one attached hydrogen (secondary N) is 1. The molecule has 4 rings (SSSR count). The molecule has 2 heterocycles. The molecule has 0 aromatic carbocycles. The van der Waals surface area contributed by atoms with E-state index in [2.05, 4.69) is 12.2 Å². The highest BCUT2D eigenvalue weighted by molar-refractivity contribution is 5.34. The number of aromatic nitrogens is 2. The summed E-state index contributed by atoms with van der Waals surface area (Å²) < 4.78 is 6.23. The lowest BCUT2D eigenvalue weighted by Gasteiger charge is -2.36. The first-order valence-electron chi connectivity index (χ1n) is 8.57. The highest BCUT2D eigenvalue weighted by Crippen LogP contribution is 2.44. The first kappa shape index (κ1) is 13.6. The highest BCUT2D eigenvalue weighted by atomic mass is 16.5. The Labute approximate surface area is 126 Å². The van der Waals surface area contributed by atoms with Gasteiger partial charge < -0.3 is 10.1 Å². The van der Waals surface area contributed by atoms with Crippen molar-refractivity contribution >= 4 is 0 Å². The van der Waals surface area contributed by atoms with E-state index >= 15 is 0 Å². The van der Waals surface area contributed by atoms with Crippen molar-refractivity contribution in [3.05, 3.63) is 22.8 Å². The molecule has 4 nitrogen and oxygen atoms in total. The first-order valence-corrected chi connectivity index (χ1v) is 8.57. The summed E-state index contributed by atoms with van der Waals surface area (Å²) in [5.41, 5.74) is 3.72. The van der Waals surface area contributed by atoms with Gasteiger partial charge in [0.1, 0.15) is 5.60 Å². The van der Waals surface area contributed by atoms with Gasteiger partial charge in [-0.1, -0.05) is 19.3 Å². The fourth-order valence-corrected chi connectivity index (χ4v) is 3.92. The molecule has 0 radical (unpaired) electrons. The van der Waals surface area contributed by atoms with Gasteiger partial charge in [0.25, 0.3) is 0 Å². The lowest BCUT2D eigenvalue weighted by molar-refractivity contribution is -0.0769. The summed E-state index contributed by atoms with van der Waals surface area (Å²) in [6.45, 7) is 4.68. The van der Waals surface area contributed by atoms with E-state index in [-0.39, 0.29) is 5.60 Å². The number of ether oxygens (including phenoxy) is 1. The summed E-state index contributed by atoms with van der Waals surface area (Å²) >= 11 is 0. The maximum Gasteiger partial charge on any atom is 0.160 e. The average molecular weight is 287 g/mol. The van der Waals surface area contributed by atoms with Gasteiger partial charge >= 0.3 is 0 Å². The molecule has 0 unspecified atom stereocenters. The minimum atomic E-state index is -0.214. The Morgan fingerprint density at radius 2 is 1.95 bits per heavy atom. The van der Waals surface area contributed by atoms with Crippen LogP contribution in [0, 0.1) is 0 Å². The van der Waals surface area contributed by atoms with Crippen molar-refractivity contribution in [1.29, 1.82) is 0 Å². The number of rotatable bonds is 4. The van der Waals surface area contributed by atoms with E-state index in [1.165, 1.54) is 49.1 Å². The van der Waals surface area contributed by atoms with E-state index in [1.807, 2.05) is 0 Å². The molecule has 114 valence electrons. The zero-order chi connectivity index (χ0) is 14.3. The lowest BCUT2D eigenvalue weighted by atomic mass is 9.83. The molecule has 4 heteroatoms. The maximum atomic E-state index is 6.23. The maximum absolute atomic E-state index is 6.23. The molecule has 0 spiro atoms. The Morgan fingerprint density at radius 3 is 2.67 bits per heavy atom. The fraction of sp³-hybridized carbons (Fsp3) is 0.765. The standard InChI is InChI=1S/C17H25N3O/c1-2-21-17(8-4-3-5-9-17)16-19-14-11-18-10-13(14)15(20-16)12-6-7-12/h12,18H,2-11H2,1H3. The predicted octanol–water partition coefficient (Wildman–Crippen LogP) is 3.15. The number of nitrogens with zero attached hydrogens (tertiary/aromatic N) is 2. The quantitative estimate of drug-likeness (QED) is 0.924. The summed E-state index contributed by atoms with van der Waals surface area (Å²) in [5, 5.41) is 3.44. The van der Waals surface area contributed by atoms with Crippen LogP contribution in [-0.2, 0) is 23.4 Å². The van der Waals surface area contributed by atoms with Crippen molar-refractivity contribution in [2.24, 2.45) is 0 Å². The molecule has 1 N–H and O–H groups in total. The second-order valence-corrected chi connectivity index (χ2v) is 6.72. The molecule has 21 heavy (non-hydrogen) atoms. The molecule has 3 aliphatic rings. The molecule has 0 amide bonds.